The van der Waals surface area contributed by atoms with Crippen molar-refractivity contribution in [2.75, 3.05) is 19.9 Å². The van der Waals surface area contributed by atoms with E-state index in [0.717, 1.165) is 12.1 Å². The fourth-order valence-corrected chi connectivity index (χ4v) is 5.30. The summed E-state index contributed by atoms with van der Waals surface area (Å²) in [5.41, 5.74) is 0.650. The van der Waals surface area contributed by atoms with Gasteiger partial charge in [0.25, 0.3) is 0 Å². The van der Waals surface area contributed by atoms with E-state index in [-0.39, 0.29) is 31.7 Å². The van der Waals surface area contributed by atoms with Crippen molar-refractivity contribution in [3.8, 4) is 23.0 Å². The van der Waals surface area contributed by atoms with Gasteiger partial charge in [0.05, 0.1) is 5.92 Å². The minimum absolute atomic E-state index is 0.0575. The van der Waals surface area contributed by atoms with Crippen molar-refractivity contribution in [3.63, 3.8) is 0 Å². The Balaban J connectivity index is 1.37. The third kappa shape index (κ3) is 3.63. The minimum Gasteiger partial charge on any atom is -0.454 e. The first kappa shape index (κ1) is 19.9. The van der Waals surface area contributed by atoms with Crippen molar-refractivity contribution in [2.24, 2.45) is 0 Å². The van der Waals surface area contributed by atoms with Gasteiger partial charge >= 0.3 is 0 Å². The van der Waals surface area contributed by atoms with Crippen LogP contribution >= 0.6 is 0 Å². The Morgan fingerprint density at radius 2 is 1.87 bits per heavy atom. The first-order valence-electron chi connectivity index (χ1n) is 9.60. The van der Waals surface area contributed by atoms with Crippen molar-refractivity contribution in [2.45, 2.75) is 23.7 Å². The number of piperidine rings is 1. The Morgan fingerprint density at radius 1 is 1.03 bits per heavy atom. The van der Waals surface area contributed by atoms with E-state index in [1.54, 1.807) is 18.2 Å². The summed E-state index contributed by atoms with van der Waals surface area (Å²) in [5.74, 6) is -0.523. The molecule has 3 aromatic rings. The standard InChI is InChI=1S/C20H17F2N3O5S/c21-14-4-6-18(15(22)9-14)31(26,27)25-7-1-2-13(10-25)20-24-23-19(30-20)12-3-5-16-17(8-12)29-11-28-16/h3-6,8-9,13H,1-2,7,10-11H2. The molecule has 0 bridgehead atoms. The summed E-state index contributed by atoms with van der Waals surface area (Å²) in [4.78, 5) is -0.555. The molecule has 0 N–H and O–H groups in total. The molecule has 1 aromatic heterocycles. The minimum atomic E-state index is -4.13. The maximum atomic E-state index is 14.1. The van der Waals surface area contributed by atoms with Crippen LogP contribution in [0, 0.1) is 11.6 Å². The Bertz CT molecular complexity index is 1250. The summed E-state index contributed by atoms with van der Waals surface area (Å²) < 4.78 is 70.7. The van der Waals surface area contributed by atoms with Crippen LogP contribution in [-0.4, -0.2) is 42.8 Å². The van der Waals surface area contributed by atoms with Gasteiger partial charge in [-0.1, -0.05) is 0 Å². The number of rotatable bonds is 4. The fourth-order valence-electron chi connectivity index (χ4n) is 3.73. The van der Waals surface area contributed by atoms with Gasteiger partial charge in [0.1, 0.15) is 16.5 Å². The monoisotopic (exact) mass is 449 g/mol. The number of ether oxygens (including phenoxy) is 2. The van der Waals surface area contributed by atoms with E-state index in [9.17, 15) is 17.2 Å². The van der Waals surface area contributed by atoms with Gasteiger partial charge in [-0.05, 0) is 43.2 Å². The first-order chi connectivity index (χ1) is 14.9. The molecule has 3 heterocycles. The number of sulfonamides is 1. The lowest BCUT2D eigenvalue weighted by molar-refractivity contribution is 0.174. The van der Waals surface area contributed by atoms with Crippen molar-refractivity contribution in [1.29, 1.82) is 0 Å². The fraction of sp³-hybridized carbons (Fsp3) is 0.300. The molecule has 162 valence electrons. The average Bonchev–Trinajstić information content (AvgIpc) is 3.43. The molecule has 11 heteroatoms. The van der Waals surface area contributed by atoms with E-state index >= 15 is 0 Å². The number of benzene rings is 2. The van der Waals surface area contributed by atoms with Crippen LogP contribution in [0.25, 0.3) is 11.5 Å². The summed E-state index contributed by atoms with van der Waals surface area (Å²) in [5, 5.41) is 8.17. The second-order valence-corrected chi connectivity index (χ2v) is 9.20. The first-order valence-corrected chi connectivity index (χ1v) is 11.0. The molecule has 0 saturated carbocycles. The second-order valence-electron chi connectivity index (χ2n) is 7.29. The highest BCUT2D eigenvalue weighted by Crippen LogP contribution is 2.37. The van der Waals surface area contributed by atoms with E-state index in [2.05, 4.69) is 10.2 Å². The number of hydrogen-bond acceptors (Lipinski definition) is 7. The highest BCUT2D eigenvalue weighted by Gasteiger charge is 2.35. The van der Waals surface area contributed by atoms with Crippen molar-refractivity contribution in [3.05, 3.63) is 53.9 Å². The molecular weight excluding hydrogens is 432 g/mol. The molecule has 1 atom stereocenters. The summed E-state index contributed by atoms with van der Waals surface area (Å²) in [6, 6.07) is 7.66. The van der Waals surface area contributed by atoms with Crippen LogP contribution < -0.4 is 9.47 Å². The van der Waals surface area contributed by atoms with E-state index in [1.165, 1.54) is 4.31 Å². The van der Waals surface area contributed by atoms with Gasteiger partial charge in [0.15, 0.2) is 11.5 Å². The lowest BCUT2D eigenvalue weighted by atomic mass is 10.00. The molecule has 0 radical (unpaired) electrons. The maximum absolute atomic E-state index is 14.1. The lowest BCUT2D eigenvalue weighted by Crippen LogP contribution is -2.39. The molecule has 5 rings (SSSR count). The SMILES string of the molecule is O=S(=O)(c1ccc(F)cc1F)N1CCCC(c2nnc(-c3ccc4c(c3)OCO4)o2)C1. The molecule has 0 amide bonds. The molecule has 2 aromatic carbocycles. The Hall–Kier alpha value is -3.05. The van der Waals surface area contributed by atoms with Gasteiger partial charge in [-0.2, -0.15) is 4.31 Å². The van der Waals surface area contributed by atoms with Crippen LogP contribution in [-0.2, 0) is 10.0 Å². The van der Waals surface area contributed by atoms with E-state index in [1.807, 2.05) is 0 Å². The maximum Gasteiger partial charge on any atom is 0.247 e. The summed E-state index contributed by atoms with van der Waals surface area (Å²) in [6.45, 7) is 0.426. The van der Waals surface area contributed by atoms with Crippen LogP contribution in [0.1, 0.15) is 24.7 Å². The topological polar surface area (TPSA) is 94.8 Å². The molecule has 0 spiro atoms. The van der Waals surface area contributed by atoms with Crippen LogP contribution in [0.2, 0.25) is 0 Å². The van der Waals surface area contributed by atoms with Crippen LogP contribution in [0.15, 0.2) is 45.7 Å². The number of aromatic nitrogens is 2. The van der Waals surface area contributed by atoms with Crippen LogP contribution in [0.5, 0.6) is 11.5 Å². The van der Waals surface area contributed by atoms with E-state index in [4.69, 9.17) is 13.9 Å². The van der Waals surface area contributed by atoms with E-state index in [0.29, 0.717) is 41.9 Å². The molecule has 31 heavy (non-hydrogen) atoms. The Morgan fingerprint density at radius 3 is 2.71 bits per heavy atom. The molecule has 0 aliphatic carbocycles. The summed E-state index contributed by atoms with van der Waals surface area (Å²) in [6.07, 6.45) is 1.18. The van der Waals surface area contributed by atoms with Gasteiger partial charge in [-0.15, -0.1) is 10.2 Å². The van der Waals surface area contributed by atoms with Gasteiger partial charge in [0, 0.05) is 24.7 Å². The molecular formula is C20H17F2N3O5S. The number of hydrogen-bond donors (Lipinski definition) is 0. The zero-order chi connectivity index (χ0) is 21.6. The summed E-state index contributed by atoms with van der Waals surface area (Å²) in [7, 11) is -4.13. The Labute approximate surface area is 176 Å². The van der Waals surface area contributed by atoms with Crippen LogP contribution in [0.4, 0.5) is 8.78 Å². The van der Waals surface area contributed by atoms with Crippen LogP contribution in [0.3, 0.4) is 0 Å². The Kier molecular flexibility index (Phi) is 4.86. The third-order valence-electron chi connectivity index (χ3n) is 5.31. The molecule has 1 saturated heterocycles. The second kappa shape index (κ2) is 7.57. The van der Waals surface area contributed by atoms with E-state index < -0.39 is 26.6 Å². The van der Waals surface area contributed by atoms with Crippen molar-refractivity contribution in [1.82, 2.24) is 14.5 Å². The summed E-state index contributed by atoms with van der Waals surface area (Å²) >= 11 is 0. The third-order valence-corrected chi connectivity index (χ3v) is 7.20. The molecule has 2 aliphatic rings. The zero-order valence-electron chi connectivity index (χ0n) is 16.1. The number of halogens is 2. The van der Waals surface area contributed by atoms with Gasteiger partial charge < -0.3 is 13.9 Å². The molecule has 1 unspecified atom stereocenters. The van der Waals surface area contributed by atoms with Gasteiger partial charge in [-0.3, -0.25) is 0 Å². The van der Waals surface area contributed by atoms with Crippen molar-refractivity contribution >= 4 is 10.0 Å². The predicted molar refractivity (Wildman–Crippen MR) is 103 cm³/mol. The smallest absolute Gasteiger partial charge is 0.247 e. The van der Waals surface area contributed by atoms with Crippen molar-refractivity contribution < 1.29 is 31.1 Å². The highest BCUT2D eigenvalue weighted by atomic mass is 32.2. The average molecular weight is 449 g/mol. The van der Waals surface area contributed by atoms with Gasteiger partial charge in [-0.25, -0.2) is 17.2 Å². The lowest BCUT2D eigenvalue weighted by Gasteiger charge is -2.30. The largest absolute Gasteiger partial charge is 0.454 e. The zero-order valence-corrected chi connectivity index (χ0v) is 16.9. The normalized spacial score (nSPS) is 19.0. The quantitative estimate of drug-likeness (QED) is 0.603. The predicted octanol–water partition coefficient (Wildman–Crippen LogP) is 3.31. The number of fused-ring (bicyclic) bond motifs is 1. The number of nitrogens with zero attached hydrogens (tertiary/aromatic N) is 3. The molecule has 1 fully saturated rings. The van der Waals surface area contributed by atoms with Gasteiger partial charge in [0.2, 0.25) is 28.6 Å². The molecule has 8 nitrogen and oxygen atoms in total. The molecule has 2 aliphatic heterocycles. The highest BCUT2D eigenvalue weighted by molar-refractivity contribution is 7.89.